The Morgan fingerprint density at radius 2 is 1.63 bits per heavy atom. The molecule has 0 atom stereocenters. The van der Waals surface area contributed by atoms with Crippen molar-refractivity contribution in [3.8, 4) is 5.69 Å². The fraction of sp³-hybridized carbons (Fsp3) is 0.545. The number of hydrogen-bond acceptors (Lipinski definition) is 2. The molecule has 2 aromatic rings. The van der Waals surface area contributed by atoms with E-state index in [1.165, 1.54) is 19.3 Å². The Labute approximate surface area is 165 Å². The number of halogens is 1. The smallest absolute Gasteiger partial charge is 0.272 e. The van der Waals surface area contributed by atoms with Crippen LogP contribution in [0.4, 0.5) is 0 Å². The van der Waals surface area contributed by atoms with Gasteiger partial charge >= 0.3 is 0 Å². The van der Waals surface area contributed by atoms with E-state index in [1.807, 2.05) is 42.7 Å². The summed E-state index contributed by atoms with van der Waals surface area (Å²) in [4.78, 5) is 17.8. The van der Waals surface area contributed by atoms with E-state index in [2.05, 4.69) is 10.3 Å². The van der Waals surface area contributed by atoms with Crippen LogP contribution >= 0.6 is 11.6 Å². The SMILES string of the molecule is Cc1nc(C(=O)NC23CC4CC(CC(C4)C2)C3)c(C)n1-c1ccc(Cl)cc1. The number of benzene rings is 1. The first kappa shape index (κ1) is 17.3. The lowest BCUT2D eigenvalue weighted by molar-refractivity contribution is -0.0167. The second-order valence-corrected chi connectivity index (χ2v) is 9.49. The van der Waals surface area contributed by atoms with Crippen LogP contribution in [0.1, 0.15) is 60.5 Å². The van der Waals surface area contributed by atoms with Gasteiger partial charge in [-0.15, -0.1) is 0 Å². The Kier molecular flexibility index (Phi) is 3.91. The van der Waals surface area contributed by atoms with Crippen LogP contribution < -0.4 is 5.32 Å². The van der Waals surface area contributed by atoms with Crippen molar-refractivity contribution in [2.45, 2.75) is 57.9 Å². The van der Waals surface area contributed by atoms with Crippen molar-refractivity contribution in [1.82, 2.24) is 14.9 Å². The summed E-state index contributed by atoms with van der Waals surface area (Å²) in [5, 5.41) is 4.15. The molecule has 1 aromatic heterocycles. The average Bonchev–Trinajstić information content (AvgIpc) is 2.89. The lowest BCUT2D eigenvalue weighted by Crippen LogP contribution is -2.59. The van der Waals surface area contributed by atoms with Crippen LogP contribution in [0.2, 0.25) is 5.02 Å². The topological polar surface area (TPSA) is 46.9 Å². The van der Waals surface area contributed by atoms with Crippen LogP contribution in [0.3, 0.4) is 0 Å². The van der Waals surface area contributed by atoms with E-state index in [0.717, 1.165) is 54.2 Å². The summed E-state index contributed by atoms with van der Waals surface area (Å²) in [7, 11) is 0. The highest BCUT2D eigenvalue weighted by Crippen LogP contribution is 2.55. The van der Waals surface area contributed by atoms with Gasteiger partial charge in [-0.2, -0.15) is 0 Å². The molecule has 6 rings (SSSR count). The molecule has 4 bridgehead atoms. The number of aromatic nitrogens is 2. The first-order valence-corrected chi connectivity index (χ1v) is 10.4. The number of nitrogens with one attached hydrogen (secondary N) is 1. The molecule has 0 saturated heterocycles. The molecule has 4 aliphatic rings. The lowest BCUT2D eigenvalue weighted by Gasteiger charge is -2.56. The zero-order chi connectivity index (χ0) is 18.8. The maximum absolute atomic E-state index is 13.2. The second-order valence-electron chi connectivity index (χ2n) is 9.06. The van der Waals surface area contributed by atoms with Gasteiger partial charge in [0.1, 0.15) is 11.5 Å². The van der Waals surface area contributed by atoms with E-state index in [4.69, 9.17) is 11.6 Å². The molecular weight excluding hydrogens is 358 g/mol. The quantitative estimate of drug-likeness (QED) is 0.824. The number of rotatable bonds is 3. The standard InChI is InChI=1S/C22H26ClN3O/c1-13-20(24-14(2)26(13)19-5-3-18(23)4-6-19)21(27)25-22-10-15-7-16(11-22)9-17(8-15)12-22/h3-6,15-17H,7-12H2,1-2H3,(H,25,27). The van der Waals surface area contributed by atoms with Crippen LogP contribution in [0.15, 0.2) is 24.3 Å². The summed E-state index contributed by atoms with van der Waals surface area (Å²) in [5.41, 5.74) is 2.43. The van der Waals surface area contributed by atoms with Crippen molar-refractivity contribution >= 4 is 17.5 Å². The molecule has 27 heavy (non-hydrogen) atoms. The highest BCUT2D eigenvalue weighted by Gasteiger charge is 2.51. The highest BCUT2D eigenvalue weighted by atomic mass is 35.5. The lowest BCUT2D eigenvalue weighted by atomic mass is 9.53. The Hall–Kier alpha value is -1.81. The van der Waals surface area contributed by atoms with Gasteiger partial charge in [-0.05, 0) is 94.4 Å². The minimum Gasteiger partial charge on any atom is -0.345 e. The number of aryl methyl sites for hydroxylation is 1. The molecule has 0 radical (unpaired) electrons. The first-order valence-electron chi connectivity index (χ1n) is 10.1. The number of imidazole rings is 1. The first-order chi connectivity index (χ1) is 12.9. The van der Waals surface area contributed by atoms with Crippen LogP contribution in [0.5, 0.6) is 0 Å². The molecule has 4 fully saturated rings. The monoisotopic (exact) mass is 383 g/mol. The van der Waals surface area contributed by atoms with Crippen molar-refractivity contribution in [1.29, 1.82) is 0 Å². The summed E-state index contributed by atoms with van der Waals surface area (Å²) < 4.78 is 2.03. The van der Waals surface area contributed by atoms with E-state index in [1.54, 1.807) is 0 Å². The molecule has 0 unspecified atom stereocenters. The third-order valence-electron chi connectivity index (χ3n) is 6.99. The summed E-state index contributed by atoms with van der Waals surface area (Å²) in [6.45, 7) is 3.92. The zero-order valence-electron chi connectivity index (χ0n) is 16.0. The van der Waals surface area contributed by atoms with Gasteiger partial charge in [-0.25, -0.2) is 4.98 Å². The van der Waals surface area contributed by atoms with Crippen LogP contribution in [-0.2, 0) is 0 Å². The Morgan fingerprint density at radius 3 is 2.19 bits per heavy atom. The summed E-state index contributed by atoms with van der Waals surface area (Å²) in [5.74, 6) is 3.25. The molecule has 4 nitrogen and oxygen atoms in total. The number of hydrogen-bond donors (Lipinski definition) is 1. The van der Waals surface area contributed by atoms with E-state index in [-0.39, 0.29) is 11.4 Å². The molecule has 1 N–H and O–H groups in total. The third-order valence-corrected chi connectivity index (χ3v) is 7.24. The number of carbonyl (C=O) groups is 1. The fourth-order valence-electron chi connectivity index (χ4n) is 6.39. The van der Waals surface area contributed by atoms with E-state index in [0.29, 0.717) is 10.7 Å². The van der Waals surface area contributed by atoms with Gasteiger partial charge < -0.3 is 9.88 Å². The molecular formula is C22H26ClN3O. The highest BCUT2D eigenvalue weighted by molar-refractivity contribution is 6.30. The van der Waals surface area contributed by atoms with E-state index in [9.17, 15) is 4.79 Å². The number of nitrogens with zero attached hydrogens (tertiary/aromatic N) is 2. The molecule has 142 valence electrons. The Bertz CT molecular complexity index is 864. The summed E-state index contributed by atoms with van der Waals surface area (Å²) in [6, 6.07) is 7.66. The normalized spacial score (nSPS) is 31.3. The summed E-state index contributed by atoms with van der Waals surface area (Å²) in [6.07, 6.45) is 7.58. The van der Waals surface area contributed by atoms with Crippen molar-refractivity contribution in [2.75, 3.05) is 0 Å². The van der Waals surface area contributed by atoms with Gasteiger partial charge in [0.2, 0.25) is 0 Å². The molecule has 0 spiro atoms. The zero-order valence-corrected chi connectivity index (χ0v) is 16.7. The molecule has 4 saturated carbocycles. The largest absolute Gasteiger partial charge is 0.345 e. The van der Waals surface area contributed by atoms with Gasteiger partial charge in [0.25, 0.3) is 5.91 Å². The number of amides is 1. The Balaban J connectivity index is 1.43. The molecule has 5 heteroatoms. The number of carbonyl (C=O) groups excluding carboxylic acids is 1. The summed E-state index contributed by atoms with van der Waals surface area (Å²) >= 11 is 6.02. The van der Waals surface area contributed by atoms with Gasteiger partial charge in [-0.3, -0.25) is 4.79 Å². The van der Waals surface area contributed by atoms with Gasteiger partial charge in [0.05, 0.1) is 5.69 Å². The minimum atomic E-state index is -0.00902. The Morgan fingerprint density at radius 1 is 1.07 bits per heavy atom. The molecule has 1 aromatic carbocycles. The van der Waals surface area contributed by atoms with Crippen LogP contribution in [0, 0.1) is 31.6 Å². The average molecular weight is 384 g/mol. The fourth-order valence-corrected chi connectivity index (χ4v) is 6.52. The predicted molar refractivity (Wildman–Crippen MR) is 106 cm³/mol. The van der Waals surface area contributed by atoms with E-state index < -0.39 is 0 Å². The maximum Gasteiger partial charge on any atom is 0.272 e. The second kappa shape index (κ2) is 6.10. The van der Waals surface area contributed by atoms with Crippen molar-refractivity contribution in [2.24, 2.45) is 17.8 Å². The molecule has 0 aliphatic heterocycles. The predicted octanol–water partition coefficient (Wildman–Crippen LogP) is 4.84. The van der Waals surface area contributed by atoms with Gasteiger partial charge in [0.15, 0.2) is 0 Å². The van der Waals surface area contributed by atoms with Gasteiger partial charge in [-0.1, -0.05) is 11.6 Å². The van der Waals surface area contributed by atoms with Crippen molar-refractivity contribution < 1.29 is 4.79 Å². The van der Waals surface area contributed by atoms with Crippen LogP contribution in [0.25, 0.3) is 5.69 Å². The van der Waals surface area contributed by atoms with Crippen molar-refractivity contribution in [3.63, 3.8) is 0 Å². The van der Waals surface area contributed by atoms with Crippen molar-refractivity contribution in [3.05, 3.63) is 46.5 Å². The minimum absolute atomic E-state index is 0.00902. The molecule has 4 aliphatic carbocycles. The van der Waals surface area contributed by atoms with Crippen LogP contribution in [-0.4, -0.2) is 21.0 Å². The molecule has 1 heterocycles. The third kappa shape index (κ3) is 2.89. The molecule has 1 amide bonds. The van der Waals surface area contributed by atoms with E-state index >= 15 is 0 Å². The van der Waals surface area contributed by atoms with Gasteiger partial charge in [0, 0.05) is 16.2 Å². The maximum atomic E-state index is 13.2.